The first-order chi connectivity index (χ1) is 13.2. The van der Waals surface area contributed by atoms with Gasteiger partial charge in [0.1, 0.15) is 0 Å². The summed E-state index contributed by atoms with van der Waals surface area (Å²) >= 11 is 1.60. The van der Waals surface area contributed by atoms with Crippen molar-refractivity contribution in [2.45, 2.75) is 12.5 Å². The van der Waals surface area contributed by atoms with E-state index in [0.29, 0.717) is 17.9 Å². The number of methoxy groups -OCH3 is 2. The molecule has 3 heterocycles. The SMILES string of the molecule is COc1ccc(C2=NN(C(=O)c3ccco3)C(c3ccsc3)C2)cc1OC. The number of hydrogen-bond acceptors (Lipinski definition) is 6. The second kappa shape index (κ2) is 7.28. The number of carbonyl (C=O) groups excluding carboxylic acids is 1. The number of benzene rings is 1. The molecule has 1 aliphatic rings. The van der Waals surface area contributed by atoms with Crippen LogP contribution in [0.3, 0.4) is 0 Å². The van der Waals surface area contributed by atoms with Crippen molar-refractivity contribution < 1.29 is 18.7 Å². The molecule has 0 saturated heterocycles. The molecule has 1 aliphatic heterocycles. The molecule has 3 aromatic rings. The lowest BCUT2D eigenvalue weighted by molar-refractivity contribution is 0.0679. The van der Waals surface area contributed by atoms with E-state index >= 15 is 0 Å². The Bertz CT molecular complexity index is 964. The largest absolute Gasteiger partial charge is 0.493 e. The molecule has 0 saturated carbocycles. The molecule has 0 aliphatic carbocycles. The van der Waals surface area contributed by atoms with E-state index < -0.39 is 0 Å². The Morgan fingerprint density at radius 3 is 2.74 bits per heavy atom. The van der Waals surface area contributed by atoms with Crippen LogP contribution in [-0.4, -0.2) is 30.8 Å². The number of furan rings is 1. The standard InChI is InChI=1S/C20H18N2O4S/c1-24-17-6-5-13(10-19(17)25-2)15-11-16(14-7-9-27-12-14)22(21-15)20(23)18-4-3-8-26-18/h3-10,12,16H,11H2,1-2H3. The molecular weight excluding hydrogens is 364 g/mol. The first kappa shape index (κ1) is 17.4. The van der Waals surface area contributed by atoms with Gasteiger partial charge in [-0.15, -0.1) is 0 Å². The van der Waals surface area contributed by atoms with E-state index in [9.17, 15) is 4.79 Å². The van der Waals surface area contributed by atoms with E-state index in [1.54, 1.807) is 37.7 Å². The van der Waals surface area contributed by atoms with E-state index in [1.165, 1.54) is 11.3 Å². The number of carbonyl (C=O) groups is 1. The fraction of sp³-hybridized carbons (Fsp3) is 0.200. The van der Waals surface area contributed by atoms with Crippen LogP contribution in [0.2, 0.25) is 0 Å². The molecule has 0 radical (unpaired) electrons. The van der Waals surface area contributed by atoms with E-state index in [2.05, 4.69) is 5.10 Å². The molecule has 4 rings (SSSR count). The average molecular weight is 382 g/mol. The Hall–Kier alpha value is -3.06. The second-order valence-corrected chi connectivity index (χ2v) is 6.80. The lowest BCUT2D eigenvalue weighted by Gasteiger charge is -2.19. The zero-order chi connectivity index (χ0) is 18.8. The summed E-state index contributed by atoms with van der Waals surface area (Å²) in [7, 11) is 3.19. The minimum Gasteiger partial charge on any atom is -0.493 e. The van der Waals surface area contributed by atoms with Crippen LogP contribution in [0.1, 0.15) is 34.1 Å². The molecule has 138 valence electrons. The van der Waals surface area contributed by atoms with E-state index in [1.807, 2.05) is 35.0 Å². The minimum absolute atomic E-state index is 0.169. The van der Waals surface area contributed by atoms with E-state index in [4.69, 9.17) is 13.9 Å². The Labute approximate surface area is 160 Å². The summed E-state index contributed by atoms with van der Waals surface area (Å²) in [5, 5.41) is 10.2. The van der Waals surface area contributed by atoms with Crippen LogP contribution in [0, 0.1) is 0 Å². The van der Waals surface area contributed by atoms with Crippen molar-refractivity contribution in [3.8, 4) is 11.5 Å². The first-order valence-electron chi connectivity index (χ1n) is 8.40. The van der Waals surface area contributed by atoms with E-state index in [-0.39, 0.29) is 17.7 Å². The van der Waals surface area contributed by atoms with Crippen LogP contribution in [0.5, 0.6) is 11.5 Å². The number of hydrogen-bond donors (Lipinski definition) is 0. The molecule has 1 aromatic carbocycles. The number of ether oxygens (including phenoxy) is 2. The predicted molar refractivity (Wildman–Crippen MR) is 103 cm³/mol. The maximum Gasteiger partial charge on any atom is 0.310 e. The lowest BCUT2D eigenvalue weighted by atomic mass is 10.00. The quantitative estimate of drug-likeness (QED) is 0.658. The average Bonchev–Trinajstić information content (AvgIpc) is 3.47. The summed E-state index contributed by atoms with van der Waals surface area (Å²) in [6.07, 6.45) is 2.10. The highest BCUT2D eigenvalue weighted by Gasteiger charge is 2.35. The summed E-state index contributed by atoms with van der Waals surface area (Å²) in [5.41, 5.74) is 2.76. The molecular formula is C20H18N2O4S. The summed E-state index contributed by atoms with van der Waals surface area (Å²) in [6.45, 7) is 0. The van der Waals surface area contributed by atoms with Crippen molar-refractivity contribution in [3.63, 3.8) is 0 Å². The predicted octanol–water partition coefficient (Wildman–Crippen LogP) is 4.35. The summed E-state index contributed by atoms with van der Waals surface area (Å²) in [4.78, 5) is 12.9. The molecule has 1 amide bonds. The highest BCUT2D eigenvalue weighted by atomic mass is 32.1. The van der Waals surface area contributed by atoms with Crippen LogP contribution < -0.4 is 9.47 Å². The van der Waals surface area contributed by atoms with Gasteiger partial charge >= 0.3 is 5.91 Å². The molecule has 2 aromatic heterocycles. The second-order valence-electron chi connectivity index (χ2n) is 6.02. The van der Waals surface area contributed by atoms with Gasteiger partial charge in [-0.1, -0.05) is 0 Å². The van der Waals surface area contributed by atoms with Crippen molar-refractivity contribution in [1.29, 1.82) is 0 Å². The van der Waals surface area contributed by atoms with Gasteiger partial charge in [-0.25, -0.2) is 5.01 Å². The van der Waals surface area contributed by atoms with Gasteiger partial charge in [-0.05, 0) is 52.7 Å². The highest BCUT2D eigenvalue weighted by molar-refractivity contribution is 7.08. The third-order valence-electron chi connectivity index (χ3n) is 4.50. The molecule has 1 atom stereocenters. The molecule has 1 unspecified atom stereocenters. The molecule has 6 nitrogen and oxygen atoms in total. The normalized spacial score (nSPS) is 16.3. The fourth-order valence-corrected chi connectivity index (χ4v) is 3.83. The molecule has 0 N–H and O–H groups in total. The van der Waals surface area contributed by atoms with Crippen LogP contribution in [0.4, 0.5) is 0 Å². The van der Waals surface area contributed by atoms with Gasteiger partial charge in [0.05, 0.1) is 32.2 Å². The zero-order valence-corrected chi connectivity index (χ0v) is 15.7. The topological polar surface area (TPSA) is 64.3 Å². The smallest absolute Gasteiger partial charge is 0.310 e. The Morgan fingerprint density at radius 2 is 2.07 bits per heavy atom. The molecule has 7 heteroatoms. The minimum atomic E-state index is -0.258. The van der Waals surface area contributed by atoms with Gasteiger partial charge in [0.15, 0.2) is 17.3 Å². The number of hydrazone groups is 1. The van der Waals surface area contributed by atoms with Gasteiger partial charge in [0, 0.05) is 12.0 Å². The summed E-state index contributed by atoms with van der Waals surface area (Å²) < 4.78 is 16.0. The van der Waals surface area contributed by atoms with Crippen molar-refractivity contribution >= 4 is 23.0 Å². The summed E-state index contributed by atoms with van der Waals surface area (Å²) in [6, 6.07) is 10.8. The molecule has 27 heavy (non-hydrogen) atoms. The van der Waals surface area contributed by atoms with Gasteiger partial charge < -0.3 is 13.9 Å². The van der Waals surface area contributed by atoms with E-state index in [0.717, 1.165) is 16.8 Å². The van der Waals surface area contributed by atoms with Crippen LogP contribution >= 0.6 is 11.3 Å². The number of thiophene rings is 1. The summed E-state index contributed by atoms with van der Waals surface area (Å²) in [5.74, 6) is 1.29. The van der Waals surface area contributed by atoms with Crippen molar-refractivity contribution in [2.75, 3.05) is 14.2 Å². The highest BCUT2D eigenvalue weighted by Crippen LogP contribution is 2.36. The van der Waals surface area contributed by atoms with Gasteiger partial charge in [-0.2, -0.15) is 16.4 Å². The first-order valence-corrected chi connectivity index (χ1v) is 9.34. The van der Waals surface area contributed by atoms with Crippen LogP contribution in [0.25, 0.3) is 0 Å². The third kappa shape index (κ3) is 3.21. The number of rotatable bonds is 5. The van der Waals surface area contributed by atoms with Crippen molar-refractivity contribution in [2.24, 2.45) is 5.10 Å². The zero-order valence-electron chi connectivity index (χ0n) is 14.9. The molecule has 0 bridgehead atoms. The Kier molecular flexibility index (Phi) is 4.68. The monoisotopic (exact) mass is 382 g/mol. The van der Waals surface area contributed by atoms with Crippen LogP contribution in [0.15, 0.2) is 62.9 Å². The number of nitrogens with zero attached hydrogens (tertiary/aromatic N) is 2. The van der Waals surface area contributed by atoms with Gasteiger partial charge in [0.2, 0.25) is 0 Å². The Morgan fingerprint density at radius 1 is 1.22 bits per heavy atom. The maximum absolute atomic E-state index is 12.9. The lowest BCUT2D eigenvalue weighted by Crippen LogP contribution is -2.26. The third-order valence-corrected chi connectivity index (χ3v) is 5.20. The van der Waals surface area contributed by atoms with Crippen molar-refractivity contribution in [3.05, 3.63) is 70.3 Å². The van der Waals surface area contributed by atoms with Crippen molar-refractivity contribution in [1.82, 2.24) is 5.01 Å². The fourth-order valence-electron chi connectivity index (χ4n) is 3.13. The van der Waals surface area contributed by atoms with Crippen LogP contribution in [-0.2, 0) is 0 Å². The van der Waals surface area contributed by atoms with Gasteiger partial charge in [0.25, 0.3) is 0 Å². The number of amides is 1. The maximum atomic E-state index is 12.9. The Balaban J connectivity index is 1.71. The molecule has 0 spiro atoms. The van der Waals surface area contributed by atoms with Gasteiger partial charge in [-0.3, -0.25) is 4.79 Å². The molecule has 0 fully saturated rings.